The zero-order chi connectivity index (χ0) is 15.4. The van der Waals surface area contributed by atoms with E-state index < -0.39 is 0 Å². The van der Waals surface area contributed by atoms with Gasteiger partial charge in [-0.05, 0) is 50.3 Å². The summed E-state index contributed by atoms with van der Waals surface area (Å²) in [5.41, 5.74) is 0. The van der Waals surface area contributed by atoms with Gasteiger partial charge in [-0.1, -0.05) is 19.8 Å². The summed E-state index contributed by atoms with van der Waals surface area (Å²) in [4.78, 5) is 14.8. The summed E-state index contributed by atoms with van der Waals surface area (Å²) >= 11 is 2.01. The van der Waals surface area contributed by atoms with Gasteiger partial charge in [-0.2, -0.15) is 11.8 Å². The maximum Gasteiger partial charge on any atom is 0.315 e. The first-order valence-corrected chi connectivity index (χ1v) is 10.2. The number of urea groups is 1. The van der Waals surface area contributed by atoms with Crippen LogP contribution < -0.4 is 10.6 Å². The van der Waals surface area contributed by atoms with Crippen LogP contribution in [0.4, 0.5) is 4.79 Å². The lowest BCUT2D eigenvalue weighted by Gasteiger charge is -2.31. The molecule has 2 saturated carbocycles. The molecule has 2 aliphatic carbocycles. The van der Waals surface area contributed by atoms with Gasteiger partial charge in [-0.25, -0.2) is 4.79 Å². The monoisotopic (exact) mass is 325 g/mol. The van der Waals surface area contributed by atoms with Gasteiger partial charge < -0.3 is 15.5 Å². The summed E-state index contributed by atoms with van der Waals surface area (Å²) in [7, 11) is 0. The minimum atomic E-state index is 0.0541. The summed E-state index contributed by atoms with van der Waals surface area (Å²) in [6.07, 6.45) is 8.99. The molecule has 3 rings (SSSR count). The Kier molecular flexibility index (Phi) is 5.91. The van der Waals surface area contributed by atoms with Crippen molar-refractivity contribution in [2.24, 2.45) is 5.92 Å². The summed E-state index contributed by atoms with van der Waals surface area (Å²) < 4.78 is 0. The van der Waals surface area contributed by atoms with Crippen LogP contribution in [0.1, 0.15) is 51.9 Å². The van der Waals surface area contributed by atoms with Crippen LogP contribution in [0.25, 0.3) is 0 Å². The molecule has 0 unspecified atom stereocenters. The predicted octanol–water partition coefficient (Wildman–Crippen LogP) is 2.83. The van der Waals surface area contributed by atoms with Crippen molar-refractivity contribution in [2.45, 2.75) is 69.2 Å². The average Bonchev–Trinajstić information content (AvgIpc) is 3.26. The molecule has 0 radical (unpaired) electrons. The molecule has 0 aromatic rings. The molecule has 3 atom stereocenters. The number of rotatable bonds is 6. The second-order valence-corrected chi connectivity index (χ2v) is 8.64. The van der Waals surface area contributed by atoms with E-state index in [1.54, 1.807) is 0 Å². The summed E-state index contributed by atoms with van der Waals surface area (Å²) in [5, 5.41) is 6.98. The van der Waals surface area contributed by atoms with E-state index in [1.807, 2.05) is 11.8 Å². The van der Waals surface area contributed by atoms with E-state index in [4.69, 9.17) is 0 Å². The van der Waals surface area contributed by atoms with Gasteiger partial charge in [0.15, 0.2) is 0 Å². The summed E-state index contributed by atoms with van der Waals surface area (Å²) in [6.45, 7) is 5.47. The molecule has 1 heterocycles. The van der Waals surface area contributed by atoms with Gasteiger partial charge in [-0.3, -0.25) is 0 Å². The number of nitrogens with zero attached hydrogens (tertiary/aromatic N) is 1. The van der Waals surface area contributed by atoms with Crippen molar-refractivity contribution in [2.75, 3.05) is 25.4 Å². The highest BCUT2D eigenvalue weighted by molar-refractivity contribution is 7.99. The number of amides is 2. The van der Waals surface area contributed by atoms with Crippen LogP contribution >= 0.6 is 11.8 Å². The fraction of sp³-hybridized carbons (Fsp3) is 0.941. The minimum absolute atomic E-state index is 0.0541. The largest absolute Gasteiger partial charge is 0.338 e. The number of hydrogen-bond donors (Lipinski definition) is 2. The van der Waals surface area contributed by atoms with Crippen LogP contribution in [0.15, 0.2) is 0 Å². The van der Waals surface area contributed by atoms with Gasteiger partial charge in [0.1, 0.15) is 0 Å². The number of hydrogen-bond acceptors (Lipinski definition) is 3. The number of likely N-dealkylation sites (tertiary alicyclic amines) is 1. The van der Waals surface area contributed by atoms with E-state index in [2.05, 4.69) is 22.5 Å². The van der Waals surface area contributed by atoms with Gasteiger partial charge in [0.05, 0.1) is 0 Å². The zero-order valence-corrected chi connectivity index (χ0v) is 14.7. The third-order valence-electron chi connectivity index (χ3n) is 5.33. The molecular weight excluding hydrogens is 294 g/mol. The van der Waals surface area contributed by atoms with Gasteiger partial charge in [0.2, 0.25) is 0 Å². The molecule has 5 heteroatoms. The van der Waals surface area contributed by atoms with Crippen LogP contribution in [0.3, 0.4) is 0 Å². The maximum absolute atomic E-state index is 12.2. The van der Waals surface area contributed by atoms with Crippen LogP contribution in [0, 0.1) is 5.92 Å². The molecule has 3 fully saturated rings. The van der Waals surface area contributed by atoms with E-state index in [1.165, 1.54) is 51.6 Å². The number of nitrogens with one attached hydrogen (secondary N) is 2. The smallest absolute Gasteiger partial charge is 0.315 e. The Morgan fingerprint density at radius 2 is 2.00 bits per heavy atom. The fourth-order valence-corrected chi connectivity index (χ4v) is 5.13. The molecule has 22 heavy (non-hydrogen) atoms. The van der Waals surface area contributed by atoms with Gasteiger partial charge in [-0.15, -0.1) is 0 Å². The summed E-state index contributed by atoms with van der Waals surface area (Å²) in [5.74, 6) is 1.79. The van der Waals surface area contributed by atoms with Crippen LogP contribution in [-0.4, -0.2) is 53.7 Å². The average molecular weight is 326 g/mol. The molecule has 2 amide bonds. The minimum Gasteiger partial charge on any atom is -0.338 e. The Hall–Kier alpha value is -0.420. The first-order valence-electron chi connectivity index (χ1n) is 9.16. The first-order chi connectivity index (χ1) is 10.8. The van der Waals surface area contributed by atoms with E-state index in [9.17, 15) is 4.79 Å². The molecule has 126 valence electrons. The van der Waals surface area contributed by atoms with Crippen molar-refractivity contribution >= 4 is 17.8 Å². The molecule has 4 nitrogen and oxygen atoms in total. The van der Waals surface area contributed by atoms with Crippen LogP contribution in [0.5, 0.6) is 0 Å². The third-order valence-corrected chi connectivity index (χ3v) is 6.66. The lowest BCUT2D eigenvalue weighted by atomic mass is 9.95. The number of carbonyl (C=O) groups excluding carboxylic acids is 1. The normalized spacial score (nSPS) is 32.9. The Labute approximate surface area is 139 Å². The lowest BCUT2D eigenvalue weighted by Crippen LogP contribution is -2.49. The number of thioether (sulfide) groups is 1. The molecule has 1 saturated heterocycles. The Balaban J connectivity index is 1.36. The third kappa shape index (κ3) is 4.54. The SMILES string of the molecule is CCS[C@@H]1CCCC[C@@H]1NC(=O)NC[C@H]1CCN(C2CC2)C1. The lowest BCUT2D eigenvalue weighted by molar-refractivity contribution is 0.231. The molecule has 3 aliphatic rings. The van der Waals surface area contributed by atoms with Gasteiger partial charge in [0, 0.05) is 30.4 Å². The molecule has 0 aromatic carbocycles. The molecular formula is C17H31N3OS. The van der Waals surface area contributed by atoms with Crippen LogP contribution in [-0.2, 0) is 0 Å². The van der Waals surface area contributed by atoms with Gasteiger partial charge >= 0.3 is 6.03 Å². The molecule has 1 aliphatic heterocycles. The van der Waals surface area contributed by atoms with E-state index in [-0.39, 0.29) is 6.03 Å². The quantitative estimate of drug-likeness (QED) is 0.789. The second kappa shape index (κ2) is 7.91. The zero-order valence-electron chi connectivity index (χ0n) is 13.9. The standard InChI is InChI=1S/C17H31N3OS/c1-2-22-16-6-4-3-5-15(16)19-17(21)18-11-13-9-10-20(12-13)14-7-8-14/h13-16H,2-12H2,1H3,(H2,18,19,21)/t13-,15+,16-/m1/s1. The molecule has 0 aromatic heterocycles. The maximum atomic E-state index is 12.2. The summed E-state index contributed by atoms with van der Waals surface area (Å²) in [6, 6.07) is 1.29. The van der Waals surface area contributed by atoms with E-state index >= 15 is 0 Å². The van der Waals surface area contributed by atoms with Crippen molar-refractivity contribution in [3.8, 4) is 0 Å². The Bertz CT molecular complexity index is 373. The van der Waals surface area contributed by atoms with Gasteiger partial charge in [0.25, 0.3) is 0 Å². The van der Waals surface area contributed by atoms with Crippen molar-refractivity contribution in [3.05, 3.63) is 0 Å². The topological polar surface area (TPSA) is 44.4 Å². The van der Waals surface area contributed by atoms with Crippen molar-refractivity contribution in [3.63, 3.8) is 0 Å². The fourth-order valence-electron chi connectivity index (χ4n) is 3.93. The first kappa shape index (κ1) is 16.4. The van der Waals surface area contributed by atoms with E-state index in [0.29, 0.717) is 17.2 Å². The number of carbonyl (C=O) groups is 1. The molecule has 0 bridgehead atoms. The highest BCUT2D eigenvalue weighted by atomic mass is 32.2. The highest BCUT2D eigenvalue weighted by Gasteiger charge is 2.34. The Morgan fingerprint density at radius 3 is 2.77 bits per heavy atom. The molecule has 0 spiro atoms. The van der Waals surface area contributed by atoms with E-state index in [0.717, 1.165) is 24.8 Å². The van der Waals surface area contributed by atoms with Crippen molar-refractivity contribution < 1.29 is 4.79 Å². The highest BCUT2D eigenvalue weighted by Crippen LogP contribution is 2.31. The van der Waals surface area contributed by atoms with Crippen molar-refractivity contribution in [1.29, 1.82) is 0 Å². The predicted molar refractivity (Wildman–Crippen MR) is 93.4 cm³/mol. The van der Waals surface area contributed by atoms with Crippen LogP contribution in [0.2, 0.25) is 0 Å². The second-order valence-electron chi connectivity index (χ2n) is 7.12. The van der Waals surface area contributed by atoms with Crippen molar-refractivity contribution in [1.82, 2.24) is 15.5 Å². The molecule has 2 N–H and O–H groups in total. The Morgan fingerprint density at radius 1 is 1.18 bits per heavy atom.